The number of carbonyl (C=O) groups excluding carboxylic acids is 2. The van der Waals surface area contributed by atoms with Crippen molar-refractivity contribution in [2.24, 2.45) is 0 Å². The second-order valence-corrected chi connectivity index (χ2v) is 5.99. The molecule has 4 nitrogen and oxygen atoms in total. The lowest BCUT2D eigenvalue weighted by Crippen LogP contribution is -2.03. The van der Waals surface area contributed by atoms with Gasteiger partial charge in [0.05, 0.1) is 4.88 Å². The first-order valence-corrected chi connectivity index (χ1v) is 7.59. The first-order chi connectivity index (χ1) is 10.7. The van der Waals surface area contributed by atoms with Crippen LogP contribution in [0.15, 0.2) is 48.8 Å². The fourth-order valence-corrected chi connectivity index (χ4v) is 3.21. The van der Waals surface area contributed by atoms with Crippen LogP contribution in [-0.4, -0.2) is 28.3 Å². The van der Waals surface area contributed by atoms with Crippen molar-refractivity contribution in [3.63, 3.8) is 0 Å². The molecular formula is C17H13NO3S. The van der Waals surface area contributed by atoms with E-state index >= 15 is 0 Å². The highest BCUT2D eigenvalue weighted by molar-refractivity contribution is 7.20. The van der Waals surface area contributed by atoms with Gasteiger partial charge in [-0.05, 0) is 41.3 Å². The van der Waals surface area contributed by atoms with Crippen LogP contribution < -0.4 is 0 Å². The van der Waals surface area contributed by atoms with Gasteiger partial charge in [-0.1, -0.05) is 6.07 Å². The molecule has 0 aliphatic heterocycles. The van der Waals surface area contributed by atoms with Crippen molar-refractivity contribution < 1.29 is 14.7 Å². The number of aromatic nitrogens is 1. The van der Waals surface area contributed by atoms with E-state index in [1.807, 2.05) is 18.2 Å². The number of thiophene rings is 1. The fraction of sp³-hybridized carbons (Fsp3) is 0.118. The quantitative estimate of drug-likeness (QED) is 0.736. The molecule has 0 aliphatic rings. The first kappa shape index (κ1) is 14.6. The van der Waals surface area contributed by atoms with Gasteiger partial charge < -0.3 is 5.11 Å². The van der Waals surface area contributed by atoms with Gasteiger partial charge in [0.2, 0.25) is 0 Å². The zero-order chi connectivity index (χ0) is 15.5. The van der Waals surface area contributed by atoms with Crippen LogP contribution in [0.25, 0.3) is 10.1 Å². The summed E-state index contributed by atoms with van der Waals surface area (Å²) in [5, 5.41) is 9.83. The Labute approximate surface area is 131 Å². The minimum Gasteiger partial charge on any atom is -0.388 e. The molecule has 110 valence electrons. The van der Waals surface area contributed by atoms with E-state index in [-0.39, 0.29) is 11.6 Å². The summed E-state index contributed by atoms with van der Waals surface area (Å²) < 4.78 is 0.967. The SMILES string of the molecule is O=C(Cc1ccc2sc(C(=O)CO)cc2c1)c1cccnc1. The highest BCUT2D eigenvalue weighted by Gasteiger charge is 2.11. The van der Waals surface area contributed by atoms with Crippen molar-refractivity contribution in [2.45, 2.75) is 6.42 Å². The summed E-state index contributed by atoms with van der Waals surface area (Å²) in [6.45, 7) is -0.487. The molecule has 0 spiro atoms. The number of ketones is 2. The summed E-state index contributed by atoms with van der Waals surface area (Å²) >= 11 is 1.35. The van der Waals surface area contributed by atoms with E-state index in [4.69, 9.17) is 5.11 Å². The molecular weight excluding hydrogens is 298 g/mol. The van der Waals surface area contributed by atoms with E-state index in [0.29, 0.717) is 16.9 Å². The van der Waals surface area contributed by atoms with Gasteiger partial charge >= 0.3 is 0 Å². The first-order valence-electron chi connectivity index (χ1n) is 6.77. The molecule has 3 aromatic rings. The molecule has 0 bridgehead atoms. The number of rotatable bonds is 5. The third-order valence-electron chi connectivity index (χ3n) is 3.35. The predicted octanol–water partition coefficient (Wildman–Crippen LogP) is 2.90. The second kappa shape index (κ2) is 6.17. The van der Waals surface area contributed by atoms with Crippen LogP contribution in [0.3, 0.4) is 0 Å². The highest BCUT2D eigenvalue weighted by Crippen LogP contribution is 2.27. The van der Waals surface area contributed by atoms with Crippen molar-refractivity contribution in [3.8, 4) is 0 Å². The van der Waals surface area contributed by atoms with E-state index in [9.17, 15) is 9.59 Å². The van der Waals surface area contributed by atoms with Crippen molar-refractivity contribution in [1.82, 2.24) is 4.98 Å². The molecule has 2 aromatic heterocycles. The number of carbonyl (C=O) groups is 2. The Balaban J connectivity index is 1.86. The summed E-state index contributed by atoms with van der Waals surface area (Å²) in [7, 11) is 0. The van der Waals surface area contributed by atoms with Crippen LogP contribution in [0, 0.1) is 0 Å². The molecule has 0 radical (unpaired) electrons. The highest BCUT2D eigenvalue weighted by atomic mass is 32.1. The number of fused-ring (bicyclic) bond motifs is 1. The maximum atomic E-state index is 12.2. The van der Waals surface area contributed by atoms with Crippen LogP contribution in [0.5, 0.6) is 0 Å². The number of aliphatic hydroxyl groups is 1. The third-order valence-corrected chi connectivity index (χ3v) is 4.50. The lowest BCUT2D eigenvalue weighted by molar-refractivity contribution is 0.0907. The standard InChI is InChI=1S/C17H13NO3S/c19-10-15(21)17-8-13-6-11(3-4-16(13)22-17)7-14(20)12-2-1-5-18-9-12/h1-6,8-9,19H,7,10H2. The molecule has 0 atom stereocenters. The van der Waals surface area contributed by atoms with Crippen LogP contribution in [0.1, 0.15) is 25.6 Å². The van der Waals surface area contributed by atoms with Crippen LogP contribution in [0.4, 0.5) is 0 Å². The summed E-state index contributed by atoms with van der Waals surface area (Å²) in [6, 6.07) is 10.9. The Morgan fingerprint density at radius 1 is 1.14 bits per heavy atom. The molecule has 0 saturated heterocycles. The second-order valence-electron chi connectivity index (χ2n) is 4.91. The Morgan fingerprint density at radius 2 is 2.00 bits per heavy atom. The minimum absolute atomic E-state index is 0.00865. The Bertz CT molecular complexity index is 839. The Hall–Kier alpha value is -2.37. The summed E-state index contributed by atoms with van der Waals surface area (Å²) in [4.78, 5) is 28.2. The van der Waals surface area contributed by atoms with Crippen LogP contribution in [-0.2, 0) is 6.42 Å². The van der Waals surface area contributed by atoms with E-state index in [0.717, 1.165) is 15.6 Å². The molecule has 5 heteroatoms. The average molecular weight is 311 g/mol. The van der Waals surface area contributed by atoms with Gasteiger partial charge in [0.15, 0.2) is 11.6 Å². The van der Waals surface area contributed by atoms with E-state index in [2.05, 4.69) is 4.98 Å². The number of hydrogen-bond acceptors (Lipinski definition) is 5. The van der Waals surface area contributed by atoms with Gasteiger partial charge in [0.1, 0.15) is 6.61 Å². The summed E-state index contributed by atoms with van der Waals surface area (Å²) in [5.74, 6) is -0.275. The molecule has 0 amide bonds. The number of benzene rings is 1. The average Bonchev–Trinajstić information content (AvgIpc) is 2.98. The van der Waals surface area contributed by atoms with Gasteiger partial charge in [-0.2, -0.15) is 0 Å². The smallest absolute Gasteiger partial charge is 0.198 e. The molecule has 1 aromatic carbocycles. The zero-order valence-corrected chi connectivity index (χ0v) is 12.5. The van der Waals surface area contributed by atoms with Crippen LogP contribution >= 0.6 is 11.3 Å². The Kier molecular flexibility index (Phi) is 4.09. The molecule has 0 unspecified atom stereocenters. The zero-order valence-electron chi connectivity index (χ0n) is 11.7. The van der Waals surface area contributed by atoms with Crippen molar-refractivity contribution in [2.75, 3.05) is 6.61 Å². The molecule has 0 saturated carbocycles. The topological polar surface area (TPSA) is 67.3 Å². The number of hydrogen-bond donors (Lipinski definition) is 1. The van der Waals surface area contributed by atoms with Crippen molar-refractivity contribution >= 4 is 33.0 Å². The van der Waals surface area contributed by atoms with E-state index in [1.165, 1.54) is 11.3 Å². The molecule has 0 fully saturated rings. The number of pyridine rings is 1. The lowest BCUT2D eigenvalue weighted by atomic mass is 10.0. The molecule has 2 heterocycles. The normalized spacial score (nSPS) is 10.8. The van der Waals surface area contributed by atoms with E-state index < -0.39 is 6.61 Å². The third kappa shape index (κ3) is 2.95. The minimum atomic E-state index is -0.487. The summed E-state index contributed by atoms with van der Waals surface area (Å²) in [6.07, 6.45) is 3.48. The lowest BCUT2D eigenvalue weighted by Gasteiger charge is -2.01. The fourth-order valence-electron chi connectivity index (χ4n) is 2.23. The van der Waals surface area contributed by atoms with Gasteiger partial charge in [0.25, 0.3) is 0 Å². The number of Topliss-reactive ketones (excluding diaryl/α,β-unsaturated/α-hetero) is 2. The summed E-state index contributed by atoms with van der Waals surface area (Å²) in [5.41, 5.74) is 1.48. The predicted molar refractivity (Wildman–Crippen MR) is 85.5 cm³/mol. The maximum absolute atomic E-state index is 12.2. The molecule has 1 N–H and O–H groups in total. The largest absolute Gasteiger partial charge is 0.388 e. The van der Waals surface area contributed by atoms with Crippen LogP contribution in [0.2, 0.25) is 0 Å². The van der Waals surface area contributed by atoms with Gasteiger partial charge in [0, 0.05) is 29.1 Å². The molecule has 0 aliphatic carbocycles. The van der Waals surface area contributed by atoms with Gasteiger partial charge in [-0.3, -0.25) is 14.6 Å². The monoisotopic (exact) mass is 311 g/mol. The van der Waals surface area contributed by atoms with Crippen molar-refractivity contribution in [3.05, 3.63) is 64.8 Å². The maximum Gasteiger partial charge on any atom is 0.198 e. The van der Waals surface area contributed by atoms with Gasteiger partial charge in [-0.15, -0.1) is 11.3 Å². The van der Waals surface area contributed by atoms with E-state index in [1.54, 1.807) is 30.6 Å². The number of aliphatic hydroxyl groups excluding tert-OH is 1. The molecule has 3 rings (SSSR count). The number of nitrogens with zero attached hydrogens (tertiary/aromatic N) is 1. The molecule has 22 heavy (non-hydrogen) atoms. The Morgan fingerprint density at radius 3 is 2.73 bits per heavy atom. The van der Waals surface area contributed by atoms with Gasteiger partial charge in [-0.25, -0.2) is 0 Å². The van der Waals surface area contributed by atoms with Crippen molar-refractivity contribution in [1.29, 1.82) is 0 Å².